The Morgan fingerprint density at radius 1 is 1.26 bits per heavy atom. The Bertz CT molecular complexity index is 843. The smallest absolute Gasteiger partial charge is 0.410 e. The van der Waals surface area contributed by atoms with Gasteiger partial charge in [0.25, 0.3) is 11.8 Å². The van der Waals surface area contributed by atoms with E-state index >= 15 is 0 Å². The van der Waals surface area contributed by atoms with Crippen molar-refractivity contribution in [2.24, 2.45) is 0 Å². The Hall–Kier alpha value is -3.18. The molecule has 0 spiro atoms. The highest BCUT2D eigenvalue weighted by atomic mass is 32.1. The quantitative estimate of drug-likeness (QED) is 0.648. The van der Waals surface area contributed by atoms with Crippen LogP contribution in [0.25, 0.3) is 0 Å². The van der Waals surface area contributed by atoms with Crippen LogP contribution in [0.3, 0.4) is 0 Å². The van der Waals surface area contributed by atoms with Gasteiger partial charge in [-0.15, -0.1) is 11.3 Å². The number of fused-ring (bicyclic) bond motifs is 1. The van der Waals surface area contributed by atoms with Crippen LogP contribution in [0.1, 0.15) is 25.6 Å². The van der Waals surface area contributed by atoms with E-state index in [1.54, 1.807) is 24.3 Å². The van der Waals surface area contributed by atoms with Crippen molar-refractivity contribution in [3.05, 3.63) is 45.8 Å². The van der Waals surface area contributed by atoms with Crippen LogP contribution in [0.5, 0.6) is 0 Å². The fraction of sp³-hybridized carbons (Fsp3) is 0.0667. The highest BCUT2D eigenvalue weighted by molar-refractivity contribution is 7.10. The van der Waals surface area contributed by atoms with Gasteiger partial charge in [-0.25, -0.2) is 9.78 Å². The summed E-state index contributed by atoms with van der Waals surface area (Å²) < 4.78 is 0. The molecule has 1 aromatic heterocycles. The number of hydrogen-bond acceptors (Lipinski definition) is 5. The molecule has 0 aliphatic carbocycles. The molecule has 0 atom stereocenters. The van der Waals surface area contributed by atoms with Crippen LogP contribution < -0.4 is 5.32 Å². The van der Waals surface area contributed by atoms with Gasteiger partial charge in [0.1, 0.15) is 4.88 Å². The van der Waals surface area contributed by atoms with Gasteiger partial charge in [0.15, 0.2) is 5.82 Å². The molecule has 3 rings (SSSR count). The summed E-state index contributed by atoms with van der Waals surface area (Å²) >= 11 is 1.16. The summed E-state index contributed by atoms with van der Waals surface area (Å²) in [5.74, 6) is 4.81. The van der Waals surface area contributed by atoms with Gasteiger partial charge < -0.3 is 5.11 Å². The van der Waals surface area contributed by atoms with Crippen LogP contribution in [0.15, 0.2) is 29.8 Å². The van der Waals surface area contributed by atoms with Crippen molar-refractivity contribution >= 4 is 35.1 Å². The van der Waals surface area contributed by atoms with E-state index < -0.39 is 6.09 Å². The molecule has 1 aromatic carbocycles. The maximum absolute atomic E-state index is 12.1. The molecule has 114 valence electrons. The Labute approximate surface area is 134 Å². The summed E-state index contributed by atoms with van der Waals surface area (Å²) in [6.45, 7) is -0.0727. The maximum Gasteiger partial charge on any atom is 0.410 e. The van der Waals surface area contributed by atoms with E-state index in [2.05, 4.69) is 22.1 Å². The van der Waals surface area contributed by atoms with E-state index in [0.29, 0.717) is 16.0 Å². The Kier molecular flexibility index (Phi) is 3.78. The molecule has 2 aromatic rings. The third-order valence-electron chi connectivity index (χ3n) is 3.11. The largest absolute Gasteiger partial charge is 0.465 e. The van der Waals surface area contributed by atoms with Crippen LogP contribution in [0, 0.1) is 11.8 Å². The first-order valence-electron chi connectivity index (χ1n) is 6.45. The number of nitrogens with one attached hydrogen (secondary N) is 1. The normalized spacial score (nSPS) is 12.6. The third-order valence-corrected chi connectivity index (χ3v) is 3.85. The van der Waals surface area contributed by atoms with Gasteiger partial charge in [0.2, 0.25) is 0 Å². The van der Waals surface area contributed by atoms with E-state index in [-0.39, 0.29) is 24.2 Å². The second-order valence-electron chi connectivity index (χ2n) is 4.50. The van der Waals surface area contributed by atoms with Crippen LogP contribution in [-0.4, -0.2) is 39.4 Å². The molecule has 7 nitrogen and oxygen atoms in total. The van der Waals surface area contributed by atoms with Crippen molar-refractivity contribution in [3.8, 4) is 11.8 Å². The Balaban J connectivity index is 1.76. The van der Waals surface area contributed by atoms with Gasteiger partial charge in [-0.05, 0) is 12.1 Å². The minimum absolute atomic E-state index is 0.0727. The molecule has 3 amide bonds. The van der Waals surface area contributed by atoms with Crippen molar-refractivity contribution < 1.29 is 19.5 Å². The lowest BCUT2D eigenvalue weighted by atomic mass is 10.1. The first-order chi connectivity index (χ1) is 11.1. The molecular weight excluding hydrogens is 318 g/mol. The molecule has 0 fully saturated rings. The lowest BCUT2D eigenvalue weighted by molar-refractivity contribution is 0.0675. The first kappa shape index (κ1) is 14.7. The minimum atomic E-state index is -1.24. The van der Waals surface area contributed by atoms with Crippen molar-refractivity contribution in [2.75, 3.05) is 11.9 Å². The van der Waals surface area contributed by atoms with E-state index in [1.807, 2.05) is 0 Å². The molecule has 1 aliphatic rings. The molecule has 23 heavy (non-hydrogen) atoms. The molecule has 0 saturated carbocycles. The summed E-state index contributed by atoms with van der Waals surface area (Å²) in [6.07, 6.45) is -1.24. The highest BCUT2D eigenvalue weighted by Gasteiger charge is 2.34. The SMILES string of the molecule is O=C(O)Nc1ncsc1C#CCN1C(=O)c2ccccc2C1=O. The predicted octanol–water partition coefficient (Wildman–Crippen LogP) is 1.88. The number of nitrogens with zero attached hydrogens (tertiary/aromatic N) is 2. The summed E-state index contributed by atoms with van der Waals surface area (Å²) in [5, 5.41) is 10.8. The lowest BCUT2D eigenvalue weighted by Gasteiger charge is -2.08. The molecule has 8 heteroatoms. The fourth-order valence-corrected chi connectivity index (χ4v) is 2.72. The number of imide groups is 1. The number of amides is 3. The number of aromatic nitrogens is 1. The van der Waals surface area contributed by atoms with Crippen molar-refractivity contribution in [1.82, 2.24) is 9.88 Å². The van der Waals surface area contributed by atoms with Gasteiger partial charge in [0, 0.05) is 0 Å². The van der Waals surface area contributed by atoms with Crippen LogP contribution in [0.4, 0.5) is 10.6 Å². The van der Waals surface area contributed by atoms with Gasteiger partial charge in [0.05, 0.1) is 23.2 Å². The highest BCUT2D eigenvalue weighted by Crippen LogP contribution is 2.22. The monoisotopic (exact) mass is 327 g/mol. The zero-order valence-electron chi connectivity index (χ0n) is 11.6. The number of anilines is 1. The van der Waals surface area contributed by atoms with Gasteiger partial charge >= 0.3 is 6.09 Å². The summed E-state index contributed by atoms with van der Waals surface area (Å²) in [6, 6.07) is 6.59. The van der Waals surface area contributed by atoms with Crippen molar-refractivity contribution in [3.63, 3.8) is 0 Å². The van der Waals surface area contributed by atoms with Gasteiger partial charge in [-0.2, -0.15) is 0 Å². The zero-order valence-corrected chi connectivity index (χ0v) is 12.4. The van der Waals surface area contributed by atoms with Crippen molar-refractivity contribution in [1.29, 1.82) is 0 Å². The predicted molar refractivity (Wildman–Crippen MR) is 82.4 cm³/mol. The van der Waals surface area contributed by atoms with E-state index in [1.165, 1.54) is 5.51 Å². The molecule has 0 saturated heterocycles. The third kappa shape index (κ3) is 2.77. The topological polar surface area (TPSA) is 99.6 Å². The van der Waals surface area contributed by atoms with Crippen LogP contribution in [-0.2, 0) is 0 Å². The number of benzene rings is 1. The summed E-state index contributed by atoms with van der Waals surface area (Å²) in [7, 11) is 0. The Morgan fingerprint density at radius 2 is 1.91 bits per heavy atom. The van der Waals surface area contributed by atoms with E-state index in [9.17, 15) is 14.4 Å². The second kappa shape index (κ2) is 5.90. The van der Waals surface area contributed by atoms with Gasteiger partial charge in [-0.3, -0.25) is 19.8 Å². The summed E-state index contributed by atoms with van der Waals surface area (Å²) in [4.78, 5) is 40.2. The maximum atomic E-state index is 12.1. The van der Waals surface area contributed by atoms with Gasteiger partial charge in [-0.1, -0.05) is 24.0 Å². The molecule has 2 N–H and O–H groups in total. The number of carbonyl (C=O) groups is 3. The molecule has 0 unspecified atom stereocenters. The molecule has 0 bridgehead atoms. The lowest BCUT2D eigenvalue weighted by Crippen LogP contribution is -2.29. The number of rotatable bonds is 2. The fourth-order valence-electron chi connectivity index (χ4n) is 2.11. The number of hydrogen-bond donors (Lipinski definition) is 2. The molecule has 1 aliphatic heterocycles. The second-order valence-corrected chi connectivity index (χ2v) is 5.36. The molecular formula is C15H9N3O4S. The summed E-state index contributed by atoms with van der Waals surface area (Å²) in [5.41, 5.74) is 2.19. The number of carboxylic acid groups (broad SMARTS) is 1. The zero-order chi connectivity index (χ0) is 16.4. The van der Waals surface area contributed by atoms with E-state index in [4.69, 9.17) is 5.11 Å². The Morgan fingerprint density at radius 3 is 2.52 bits per heavy atom. The first-order valence-corrected chi connectivity index (χ1v) is 7.33. The average Bonchev–Trinajstić information content (AvgIpc) is 3.05. The number of thiazole rings is 1. The number of carbonyl (C=O) groups excluding carboxylic acids is 2. The van der Waals surface area contributed by atoms with Crippen molar-refractivity contribution in [2.45, 2.75) is 0 Å². The standard InChI is InChI=1S/C15H9N3O4S/c19-13-9-4-1-2-5-10(9)14(20)18(13)7-3-6-11-12(16-8-23-11)17-15(21)22/h1-2,4-5,8,17H,7H2,(H,21,22). The molecule has 2 heterocycles. The van der Waals surface area contributed by atoms with Crippen LogP contribution >= 0.6 is 11.3 Å². The van der Waals surface area contributed by atoms with E-state index in [0.717, 1.165) is 16.2 Å². The van der Waals surface area contributed by atoms with Crippen LogP contribution in [0.2, 0.25) is 0 Å². The average molecular weight is 327 g/mol. The minimum Gasteiger partial charge on any atom is -0.465 e. The molecule has 0 radical (unpaired) electrons.